The monoisotopic (exact) mass is 490 g/mol. The van der Waals surface area contributed by atoms with Crippen molar-refractivity contribution in [2.75, 3.05) is 12.4 Å². The van der Waals surface area contributed by atoms with Crippen LogP contribution in [0.5, 0.6) is 0 Å². The van der Waals surface area contributed by atoms with Gasteiger partial charge in [-0.3, -0.25) is 9.59 Å². The minimum absolute atomic E-state index is 0.0314. The van der Waals surface area contributed by atoms with Crippen LogP contribution in [-0.2, 0) is 10.0 Å². The molecule has 12 heteroatoms. The summed E-state index contributed by atoms with van der Waals surface area (Å²) in [5, 5.41) is 3.24. The maximum atomic E-state index is 12.9. The summed E-state index contributed by atoms with van der Waals surface area (Å²) in [5.41, 5.74) is 0.202. The van der Waals surface area contributed by atoms with E-state index >= 15 is 0 Å². The summed E-state index contributed by atoms with van der Waals surface area (Å²) in [4.78, 5) is 40.5. The van der Waals surface area contributed by atoms with Crippen LogP contribution in [-0.4, -0.2) is 30.9 Å². The number of benzene rings is 2. The molecule has 2 aromatic heterocycles. The number of H-pyrrole nitrogens is 1. The number of amides is 1. The van der Waals surface area contributed by atoms with Crippen molar-refractivity contribution in [3.05, 3.63) is 85.3 Å². The highest BCUT2D eigenvalue weighted by Crippen LogP contribution is 2.25. The van der Waals surface area contributed by atoms with Crippen LogP contribution in [0.25, 0.3) is 16.6 Å². The molecule has 3 N–H and O–H groups in total. The van der Waals surface area contributed by atoms with E-state index in [4.69, 9.17) is 11.6 Å². The Kier molecular flexibility index (Phi) is 5.63. The smallest absolute Gasteiger partial charge is 0.333 e. The minimum atomic E-state index is -4.07. The van der Waals surface area contributed by atoms with E-state index in [1.54, 1.807) is 25.2 Å². The largest absolute Gasteiger partial charge is 0.388 e. The first kappa shape index (κ1) is 21.8. The zero-order valence-corrected chi connectivity index (χ0v) is 18.8. The van der Waals surface area contributed by atoms with Gasteiger partial charge >= 0.3 is 5.69 Å². The molecular weight excluding hydrogens is 476 g/mol. The summed E-state index contributed by atoms with van der Waals surface area (Å²) in [6, 6.07) is 13.1. The number of aromatic nitrogens is 2. The van der Waals surface area contributed by atoms with Crippen molar-refractivity contribution >= 4 is 55.5 Å². The van der Waals surface area contributed by atoms with Gasteiger partial charge in [0, 0.05) is 18.3 Å². The van der Waals surface area contributed by atoms with Crippen LogP contribution >= 0.6 is 22.9 Å². The summed E-state index contributed by atoms with van der Waals surface area (Å²) in [6.07, 6.45) is 0. The molecule has 0 radical (unpaired) electrons. The Morgan fingerprint density at radius 3 is 2.41 bits per heavy atom. The average molecular weight is 491 g/mol. The second-order valence-corrected chi connectivity index (χ2v) is 10.2. The van der Waals surface area contributed by atoms with Gasteiger partial charge in [0.15, 0.2) is 0 Å². The molecule has 4 rings (SSSR count). The predicted octanol–water partition coefficient (Wildman–Crippen LogP) is 2.55. The van der Waals surface area contributed by atoms with Crippen molar-refractivity contribution in [1.29, 1.82) is 0 Å². The molecule has 0 spiro atoms. The summed E-state index contributed by atoms with van der Waals surface area (Å²) >= 11 is 6.58. The van der Waals surface area contributed by atoms with Crippen LogP contribution in [0, 0.1) is 0 Å². The number of hydrogen-bond donors (Lipinski definition) is 3. The van der Waals surface area contributed by atoms with E-state index in [1.165, 1.54) is 36.4 Å². The summed E-state index contributed by atoms with van der Waals surface area (Å²) in [7, 11) is -2.35. The van der Waals surface area contributed by atoms with Gasteiger partial charge in [0.2, 0.25) is 0 Å². The number of nitrogens with zero attached hydrogens (tertiary/aromatic N) is 1. The summed E-state index contributed by atoms with van der Waals surface area (Å²) < 4.78 is 27.7. The third-order valence-electron chi connectivity index (χ3n) is 4.61. The highest BCUT2D eigenvalue weighted by molar-refractivity contribution is 7.92. The van der Waals surface area contributed by atoms with Crippen molar-refractivity contribution < 1.29 is 13.2 Å². The van der Waals surface area contributed by atoms with Crippen LogP contribution in [0.15, 0.2) is 68.4 Å². The van der Waals surface area contributed by atoms with E-state index in [0.717, 1.165) is 21.6 Å². The van der Waals surface area contributed by atoms with Crippen molar-refractivity contribution in [3.63, 3.8) is 0 Å². The number of fused-ring (bicyclic) bond motifs is 1. The number of thiophene rings is 1. The maximum absolute atomic E-state index is 12.9. The zero-order chi connectivity index (χ0) is 23.0. The number of anilines is 1. The Bertz CT molecular complexity index is 1570. The number of hydrogen-bond acceptors (Lipinski definition) is 7. The quantitative estimate of drug-likeness (QED) is 0.394. The molecule has 9 nitrogen and oxygen atoms in total. The normalized spacial score (nSPS) is 11.4. The van der Waals surface area contributed by atoms with Gasteiger partial charge < -0.3 is 10.3 Å². The lowest BCUT2D eigenvalue weighted by atomic mass is 10.2. The summed E-state index contributed by atoms with van der Waals surface area (Å²) in [6.45, 7) is 0. The molecule has 1 amide bonds. The molecule has 0 saturated carbocycles. The first-order valence-electron chi connectivity index (χ1n) is 9.09. The van der Waals surface area contributed by atoms with Crippen LogP contribution in [0.2, 0.25) is 4.34 Å². The molecular formula is C20H15ClN4O5S2. The van der Waals surface area contributed by atoms with Crippen LogP contribution < -0.4 is 21.3 Å². The van der Waals surface area contributed by atoms with Crippen LogP contribution in [0.1, 0.15) is 10.4 Å². The van der Waals surface area contributed by atoms with Crippen molar-refractivity contribution in [2.45, 2.75) is 4.21 Å². The number of carbonyl (C=O) groups is 1. The third-order valence-corrected chi connectivity index (χ3v) is 7.67. The number of halogens is 1. The SMILES string of the molecule is CNc1ccc2c(=O)n(-c3ccc(C(=O)NS(=O)(=O)c4ccc(Cl)s4)cc3)c(=O)[nH]c2c1. The molecule has 0 aliphatic heterocycles. The van der Waals surface area contributed by atoms with Gasteiger partial charge in [-0.05, 0) is 54.6 Å². The minimum Gasteiger partial charge on any atom is -0.388 e. The van der Waals surface area contributed by atoms with Crippen LogP contribution in [0.4, 0.5) is 5.69 Å². The third kappa shape index (κ3) is 4.05. The van der Waals surface area contributed by atoms with Crippen molar-refractivity contribution in [2.24, 2.45) is 0 Å². The molecule has 0 bridgehead atoms. The average Bonchev–Trinajstić information content (AvgIpc) is 3.21. The fourth-order valence-electron chi connectivity index (χ4n) is 3.04. The van der Waals surface area contributed by atoms with Gasteiger partial charge in [0.05, 0.1) is 20.9 Å². The van der Waals surface area contributed by atoms with Crippen LogP contribution in [0.3, 0.4) is 0 Å². The lowest BCUT2D eigenvalue weighted by Crippen LogP contribution is -2.33. The maximum Gasteiger partial charge on any atom is 0.333 e. The Balaban J connectivity index is 1.65. The molecule has 0 aliphatic carbocycles. The van der Waals surface area contributed by atoms with E-state index < -0.39 is 27.2 Å². The lowest BCUT2D eigenvalue weighted by Gasteiger charge is -2.09. The highest BCUT2D eigenvalue weighted by Gasteiger charge is 2.21. The lowest BCUT2D eigenvalue weighted by molar-refractivity contribution is 0.0981. The number of aromatic amines is 1. The molecule has 2 heterocycles. The van der Waals surface area contributed by atoms with E-state index in [9.17, 15) is 22.8 Å². The molecule has 32 heavy (non-hydrogen) atoms. The second-order valence-electron chi connectivity index (χ2n) is 6.62. The van der Waals surface area contributed by atoms with E-state index in [2.05, 4.69) is 10.3 Å². The topological polar surface area (TPSA) is 130 Å². The Hall–Kier alpha value is -3.41. The second kappa shape index (κ2) is 8.26. The highest BCUT2D eigenvalue weighted by atomic mass is 35.5. The predicted molar refractivity (Wildman–Crippen MR) is 124 cm³/mol. The Morgan fingerprint density at radius 2 is 1.78 bits per heavy atom. The Morgan fingerprint density at radius 1 is 1.06 bits per heavy atom. The van der Waals surface area contributed by atoms with Gasteiger partial charge in [0.25, 0.3) is 21.5 Å². The first-order valence-corrected chi connectivity index (χ1v) is 11.8. The van der Waals surface area contributed by atoms with Crippen molar-refractivity contribution in [1.82, 2.24) is 14.3 Å². The van der Waals surface area contributed by atoms with E-state index in [0.29, 0.717) is 10.9 Å². The first-order chi connectivity index (χ1) is 15.2. The standard InChI is InChI=1S/C20H15ClN4O5S2/c1-22-12-4-7-14-15(10-12)23-20(28)25(19(14)27)13-5-2-11(3-6-13)18(26)24-32(29,30)17-9-8-16(21)31-17/h2-10,22H,1H3,(H,23,28)(H,24,26). The van der Waals surface area contributed by atoms with Crippen molar-refractivity contribution in [3.8, 4) is 5.69 Å². The molecule has 0 saturated heterocycles. The number of sulfonamides is 1. The molecule has 164 valence electrons. The zero-order valence-electron chi connectivity index (χ0n) is 16.4. The molecule has 0 fully saturated rings. The van der Waals surface area contributed by atoms with Gasteiger partial charge in [-0.1, -0.05) is 11.6 Å². The molecule has 4 aromatic rings. The van der Waals surface area contributed by atoms with Gasteiger partial charge in [-0.25, -0.2) is 22.5 Å². The molecule has 0 aliphatic rings. The van der Waals surface area contributed by atoms with E-state index in [-0.39, 0.29) is 19.8 Å². The molecule has 0 atom stereocenters. The van der Waals surface area contributed by atoms with Gasteiger partial charge in [0.1, 0.15) is 4.21 Å². The number of nitrogens with one attached hydrogen (secondary N) is 3. The summed E-state index contributed by atoms with van der Waals surface area (Å²) in [5.74, 6) is -0.861. The fraction of sp³-hybridized carbons (Fsp3) is 0.0500. The molecule has 2 aromatic carbocycles. The fourth-order valence-corrected chi connectivity index (χ4v) is 5.50. The number of carbonyl (C=O) groups excluding carboxylic acids is 1. The Labute approximate surface area is 190 Å². The van der Waals surface area contributed by atoms with Gasteiger partial charge in [-0.2, -0.15) is 0 Å². The number of rotatable bonds is 5. The molecule has 0 unspecified atom stereocenters. The van der Waals surface area contributed by atoms with Gasteiger partial charge in [-0.15, -0.1) is 11.3 Å². The van der Waals surface area contributed by atoms with E-state index in [1.807, 2.05) is 4.72 Å².